The molecule has 16 heavy (non-hydrogen) atoms. The van der Waals surface area contributed by atoms with Gasteiger partial charge in [-0.3, -0.25) is 0 Å². The summed E-state index contributed by atoms with van der Waals surface area (Å²) in [4.78, 5) is 0. The van der Waals surface area contributed by atoms with Crippen molar-refractivity contribution >= 4 is 15.9 Å². The zero-order chi connectivity index (χ0) is 12.1. The van der Waals surface area contributed by atoms with Crippen molar-refractivity contribution in [3.05, 3.63) is 27.7 Å². The maximum Gasteiger partial charge on any atom is 0.188 e. The number of benzene rings is 1. The number of hydrogen-bond donors (Lipinski definition) is 0. The Hall–Kier alpha value is -0.540. The van der Waals surface area contributed by atoms with Crippen molar-refractivity contribution in [2.45, 2.75) is 27.2 Å². The molecule has 0 unspecified atom stereocenters. The molecular formula is C13H19BrO2. The van der Waals surface area contributed by atoms with E-state index in [-0.39, 0.29) is 6.79 Å². The molecule has 0 N–H and O–H groups in total. The molecule has 0 aromatic heterocycles. The number of aryl methyl sites for hydroxylation is 1. The zero-order valence-corrected chi connectivity index (χ0v) is 11.9. The highest BCUT2D eigenvalue weighted by atomic mass is 79.9. The first-order valence-electron chi connectivity index (χ1n) is 5.45. The second-order valence-electron chi connectivity index (χ2n) is 4.36. The SMILES string of the molecule is COCOc1cc(CC(C)C)c(C)cc1Br. The van der Waals surface area contributed by atoms with Crippen molar-refractivity contribution < 1.29 is 9.47 Å². The maximum absolute atomic E-state index is 5.49. The predicted molar refractivity (Wildman–Crippen MR) is 69.9 cm³/mol. The van der Waals surface area contributed by atoms with Gasteiger partial charge in [0.05, 0.1) is 4.47 Å². The molecule has 0 fully saturated rings. The predicted octanol–water partition coefficient (Wildman–Crippen LogP) is 3.94. The summed E-state index contributed by atoms with van der Waals surface area (Å²) in [5, 5.41) is 0. The highest BCUT2D eigenvalue weighted by Crippen LogP contribution is 2.29. The lowest BCUT2D eigenvalue weighted by atomic mass is 9.98. The molecule has 0 aliphatic carbocycles. The monoisotopic (exact) mass is 286 g/mol. The van der Waals surface area contributed by atoms with Crippen molar-refractivity contribution in [3.8, 4) is 5.75 Å². The molecule has 1 aromatic rings. The van der Waals surface area contributed by atoms with Gasteiger partial charge in [-0.1, -0.05) is 13.8 Å². The highest BCUT2D eigenvalue weighted by Gasteiger charge is 2.08. The topological polar surface area (TPSA) is 18.5 Å². The van der Waals surface area contributed by atoms with Crippen LogP contribution in [-0.2, 0) is 11.2 Å². The molecule has 0 amide bonds. The number of ether oxygens (including phenoxy) is 2. The van der Waals surface area contributed by atoms with Gasteiger partial charge in [0, 0.05) is 7.11 Å². The standard InChI is InChI=1S/C13H19BrO2/c1-9(2)5-11-7-13(16-8-15-4)12(14)6-10(11)3/h6-7,9H,5,8H2,1-4H3. The number of hydrogen-bond acceptors (Lipinski definition) is 2. The van der Waals surface area contributed by atoms with Gasteiger partial charge in [-0.05, 0) is 58.5 Å². The summed E-state index contributed by atoms with van der Waals surface area (Å²) in [5.41, 5.74) is 2.63. The van der Waals surface area contributed by atoms with Crippen molar-refractivity contribution in [1.82, 2.24) is 0 Å². The van der Waals surface area contributed by atoms with Crippen LogP contribution < -0.4 is 4.74 Å². The molecule has 0 saturated carbocycles. The van der Waals surface area contributed by atoms with E-state index in [1.165, 1.54) is 11.1 Å². The molecule has 90 valence electrons. The van der Waals surface area contributed by atoms with Gasteiger partial charge < -0.3 is 9.47 Å². The first kappa shape index (κ1) is 13.5. The summed E-state index contributed by atoms with van der Waals surface area (Å²) >= 11 is 3.50. The minimum atomic E-state index is 0.281. The Bertz CT molecular complexity index is 348. The van der Waals surface area contributed by atoms with E-state index < -0.39 is 0 Å². The number of halogens is 1. The van der Waals surface area contributed by atoms with Gasteiger partial charge >= 0.3 is 0 Å². The quantitative estimate of drug-likeness (QED) is 0.764. The summed E-state index contributed by atoms with van der Waals surface area (Å²) in [6.07, 6.45) is 1.07. The Morgan fingerprint density at radius 2 is 2.00 bits per heavy atom. The van der Waals surface area contributed by atoms with Gasteiger partial charge in [-0.2, -0.15) is 0 Å². The molecule has 2 nitrogen and oxygen atoms in total. The Kier molecular flexibility index (Phi) is 5.29. The molecule has 0 bridgehead atoms. The Labute approximate surface area is 106 Å². The van der Waals surface area contributed by atoms with Crippen LogP contribution >= 0.6 is 15.9 Å². The summed E-state index contributed by atoms with van der Waals surface area (Å²) < 4.78 is 11.4. The molecular weight excluding hydrogens is 268 g/mol. The molecule has 0 atom stereocenters. The fraction of sp³-hybridized carbons (Fsp3) is 0.538. The average Bonchev–Trinajstić information content (AvgIpc) is 2.20. The van der Waals surface area contributed by atoms with Crippen molar-refractivity contribution in [3.63, 3.8) is 0 Å². The van der Waals surface area contributed by atoms with Crippen LogP contribution in [0.4, 0.5) is 0 Å². The van der Waals surface area contributed by atoms with Gasteiger partial charge in [-0.15, -0.1) is 0 Å². The molecule has 1 rings (SSSR count). The second-order valence-corrected chi connectivity index (χ2v) is 5.21. The summed E-state index contributed by atoms with van der Waals surface area (Å²) in [5.74, 6) is 1.50. The molecule has 0 aliphatic heterocycles. The Morgan fingerprint density at radius 1 is 1.31 bits per heavy atom. The van der Waals surface area contributed by atoms with Crippen molar-refractivity contribution in [1.29, 1.82) is 0 Å². The van der Waals surface area contributed by atoms with E-state index in [0.29, 0.717) is 5.92 Å². The number of methoxy groups -OCH3 is 1. The molecule has 0 radical (unpaired) electrons. The minimum Gasteiger partial charge on any atom is -0.466 e. The summed E-state index contributed by atoms with van der Waals surface area (Å²) in [6, 6.07) is 4.20. The van der Waals surface area contributed by atoms with Gasteiger partial charge in [0.25, 0.3) is 0 Å². The fourth-order valence-corrected chi connectivity index (χ4v) is 2.16. The van der Waals surface area contributed by atoms with E-state index in [1.54, 1.807) is 7.11 Å². The van der Waals surface area contributed by atoms with E-state index in [2.05, 4.69) is 48.8 Å². The van der Waals surface area contributed by atoms with Gasteiger partial charge in [0.15, 0.2) is 6.79 Å². The fourth-order valence-electron chi connectivity index (χ4n) is 1.59. The molecule has 0 aliphatic rings. The third-order valence-corrected chi connectivity index (χ3v) is 2.97. The maximum atomic E-state index is 5.49. The van der Waals surface area contributed by atoms with Gasteiger partial charge in [0.1, 0.15) is 5.75 Å². The molecule has 0 spiro atoms. The molecule has 0 heterocycles. The lowest BCUT2D eigenvalue weighted by Crippen LogP contribution is -2.02. The largest absolute Gasteiger partial charge is 0.466 e. The van der Waals surface area contributed by atoms with Crippen LogP contribution in [0.1, 0.15) is 25.0 Å². The number of rotatable bonds is 5. The van der Waals surface area contributed by atoms with Crippen molar-refractivity contribution in [2.75, 3.05) is 13.9 Å². The molecule has 1 aromatic carbocycles. The first-order valence-corrected chi connectivity index (χ1v) is 6.24. The second kappa shape index (κ2) is 6.26. The lowest BCUT2D eigenvalue weighted by molar-refractivity contribution is 0.0505. The van der Waals surface area contributed by atoms with E-state index >= 15 is 0 Å². The highest BCUT2D eigenvalue weighted by molar-refractivity contribution is 9.10. The van der Waals surface area contributed by atoms with Crippen LogP contribution in [0.5, 0.6) is 5.75 Å². The van der Waals surface area contributed by atoms with Crippen LogP contribution in [0.3, 0.4) is 0 Å². The Morgan fingerprint density at radius 3 is 2.56 bits per heavy atom. The van der Waals surface area contributed by atoms with E-state index in [9.17, 15) is 0 Å². The zero-order valence-electron chi connectivity index (χ0n) is 10.3. The Balaban J connectivity index is 2.92. The van der Waals surface area contributed by atoms with Crippen LogP contribution in [-0.4, -0.2) is 13.9 Å². The van der Waals surface area contributed by atoms with E-state index in [0.717, 1.165) is 16.6 Å². The molecule has 0 saturated heterocycles. The van der Waals surface area contributed by atoms with Crippen LogP contribution in [0, 0.1) is 12.8 Å². The van der Waals surface area contributed by atoms with Crippen LogP contribution in [0.15, 0.2) is 16.6 Å². The summed E-state index contributed by atoms with van der Waals surface area (Å²) in [6.45, 7) is 6.85. The minimum absolute atomic E-state index is 0.281. The normalized spacial score (nSPS) is 10.9. The lowest BCUT2D eigenvalue weighted by Gasteiger charge is -2.13. The third-order valence-electron chi connectivity index (χ3n) is 2.35. The van der Waals surface area contributed by atoms with Crippen molar-refractivity contribution in [2.24, 2.45) is 5.92 Å². The van der Waals surface area contributed by atoms with E-state index in [4.69, 9.17) is 9.47 Å². The van der Waals surface area contributed by atoms with Gasteiger partial charge in [-0.25, -0.2) is 0 Å². The summed E-state index contributed by atoms with van der Waals surface area (Å²) in [7, 11) is 1.62. The smallest absolute Gasteiger partial charge is 0.188 e. The first-order chi connectivity index (χ1) is 7.54. The molecule has 3 heteroatoms. The van der Waals surface area contributed by atoms with E-state index in [1.807, 2.05) is 0 Å². The van der Waals surface area contributed by atoms with Crippen LogP contribution in [0.25, 0.3) is 0 Å². The third kappa shape index (κ3) is 3.80. The van der Waals surface area contributed by atoms with Gasteiger partial charge in [0.2, 0.25) is 0 Å². The van der Waals surface area contributed by atoms with Crippen LogP contribution in [0.2, 0.25) is 0 Å². The average molecular weight is 287 g/mol.